The minimum Gasteiger partial charge on any atom is -0.207 e. The highest BCUT2D eigenvalue weighted by atomic mass is 79.9. The van der Waals surface area contributed by atoms with Crippen molar-refractivity contribution in [1.29, 1.82) is 0 Å². The Morgan fingerprint density at radius 3 is 2.39 bits per heavy atom. The van der Waals surface area contributed by atoms with Gasteiger partial charge in [0.2, 0.25) is 0 Å². The summed E-state index contributed by atoms with van der Waals surface area (Å²) in [5.41, 5.74) is 1.56. The lowest BCUT2D eigenvalue weighted by Crippen LogP contribution is -1.95. The molecule has 0 aromatic heterocycles. The third-order valence-corrected chi connectivity index (χ3v) is 4.43. The van der Waals surface area contributed by atoms with Crippen LogP contribution in [0.3, 0.4) is 0 Å². The summed E-state index contributed by atoms with van der Waals surface area (Å²) in [5, 5.41) is 0.331. The van der Waals surface area contributed by atoms with E-state index < -0.39 is 0 Å². The van der Waals surface area contributed by atoms with Crippen LogP contribution in [-0.2, 0) is 0 Å². The van der Waals surface area contributed by atoms with Crippen molar-refractivity contribution in [2.24, 2.45) is 0 Å². The fraction of sp³-hybridized carbons (Fsp3) is 0.0769. The lowest BCUT2D eigenvalue weighted by molar-refractivity contribution is 0.620. The molecule has 2 aromatic carbocycles. The van der Waals surface area contributed by atoms with Gasteiger partial charge >= 0.3 is 0 Å². The zero-order chi connectivity index (χ0) is 13.3. The molecule has 0 fully saturated rings. The van der Waals surface area contributed by atoms with Gasteiger partial charge in [-0.2, -0.15) is 0 Å². The maximum atomic E-state index is 13.2. The van der Waals surface area contributed by atoms with Crippen LogP contribution in [0.15, 0.2) is 40.9 Å². The second-order valence-electron chi connectivity index (χ2n) is 3.70. The normalized spacial score (nSPS) is 12.5. The number of benzene rings is 2. The highest BCUT2D eigenvalue weighted by molar-refractivity contribution is 9.10. The van der Waals surface area contributed by atoms with Gasteiger partial charge in [0.05, 0.1) is 9.30 Å². The molecular weight excluding hydrogens is 389 g/mol. The van der Waals surface area contributed by atoms with Crippen LogP contribution < -0.4 is 0 Å². The molecule has 0 saturated carbocycles. The molecule has 0 radical (unpaired) electrons. The van der Waals surface area contributed by atoms with E-state index in [1.165, 1.54) is 18.2 Å². The summed E-state index contributed by atoms with van der Waals surface area (Å²) in [4.78, 5) is -0.220. The van der Waals surface area contributed by atoms with Crippen LogP contribution in [0, 0.1) is 11.6 Å². The molecule has 0 saturated heterocycles. The molecular formula is C13H7Br2ClF2. The molecule has 0 spiro atoms. The minimum atomic E-state index is -0.385. The Morgan fingerprint density at radius 1 is 1.06 bits per heavy atom. The molecule has 0 heterocycles. The second kappa shape index (κ2) is 5.68. The molecule has 0 amide bonds. The molecule has 2 aromatic rings. The predicted molar refractivity (Wildman–Crippen MR) is 76.3 cm³/mol. The number of hydrogen-bond acceptors (Lipinski definition) is 0. The van der Waals surface area contributed by atoms with Gasteiger partial charge in [-0.25, -0.2) is 8.78 Å². The van der Waals surface area contributed by atoms with Gasteiger partial charge in [0.1, 0.15) is 11.6 Å². The zero-order valence-electron chi connectivity index (χ0n) is 8.93. The second-order valence-corrected chi connectivity index (χ2v) is 5.88. The van der Waals surface area contributed by atoms with Crippen molar-refractivity contribution >= 4 is 43.5 Å². The Kier molecular flexibility index (Phi) is 4.41. The van der Waals surface area contributed by atoms with Crippen molar-refractivity contribution in [2.45, 2.75) is 4.83 Å². The predicted octanol–water partition coefficient (Wildman–Crippen LogP) is 5.87. The van der Waals surface area contributed by atoms with Gasteiger partial charge < -0.3 is 0 Å². The summed E-state index contributed by atoms with van der Waals surface area (Å²) >= 11 is 12.6. The Balaban J connectivity index is 2.41. The Labute approximate surface area is 125 Å². The molecule has 2 rings (SSSR count). The SMILES string of the molecule is Fc1ccc(C(Br)c2ccc(F)c(Br)c2)c(Cl)c1. The molecule has 18 heavy (non-hydrogen) atoms. The maximum Gasteiger partial charge on any atom is 0.137 e. The number of rotatable bonds is 2. The summed E-state index contributed by atoms with van der Waals surface area (Å²) in [6, 6.07) is 8.88. The third kappa shape index (κ3) is 2.92. The van der Waals surface area contributed by atoms with E-state index in [2.05, 4.69) is 31.9 Å². The highest BCUT2D eigenvalue weighted by Crippen LogP contribution is 2.36. The lowest BCUT2D eigenvalue weighted by atomic mass is 10.0. The van der Waals surface area contributed by atoms with Crippen molar-refractivity contribution in [3.05, 3.63) is 68.7 Å². The third-order valence-electron chi connectivity index (χ3n) is 2.47. The van der Waals surface area contributed by atoms with Crippen molar-refractivity contribution in [2.75, 3.05) is 0 Å². The molecule has 1 unspecified atom stereocenters. The van der Waals surface area contributed by atoms with Crippen LogP contribution in [0.1, 0.15) is 16.0 Å². The Bertz CT molecular complexity index is 587. The molecule has 0 aliphatic rings. The van der Waals surface area contributed by atoms with Gasteiger partial charge in [0.25, 0.3) is 0 Å². The lowest BCUT2D eigenvalue weighted by Gasteiger charge is -2.13. The van der Waals surface area contributed by atoms with E-state index in [4.69, 9.17) is 11.6 Å². The number of hydrogen-bond donors (Lipinski definition) is 0. The fourth-order valence-corrected chi connectivity index (χ4v) is 3.05. The quantitative estimate of drug-likeness (QED) is 0.558. The fourth-order valence-electron chi connectivity index (χ4n) is 1.56. The van der Waals surface area contributed by atoms with Gasteiger partial charge in [-0.05, 0) is 51.3 Å². The average molecular weight is 396 g/mol. The van der Waals surface area contributed by atoms with E-state index in [-0.39, 0.29) is 16.5 Å². The molecule has 94 valence electrons. The first-order valence-electron chi connectivity index (χ1n) is 5.03. The standard InChI is InChI=1S/C13H7Br2ClF2/c14-10-5-7(1-4-12(10)18)13(15)9-3-2-8(17)6-11(9)16/h1-6,13H. The van der Waals surface area contributed by atoms with E-state index in [0.29, 0.717) is 9.50 Å². The molecule has 0 N–H and O–H groups in total. The van der Waals surface area contributed by atoms with Gasteiger partial charge in [-0.3, -0.25) is 0 Å². The van der Waals surface area contributed by atoms with E-state index >= 15 is 0 Å². The number of alkyl halides is 1. The first kappa shape index (κ1) is 14.0. The van der Waals surface area contributed by atoms with E-state index in [1.807, 2.05) is 0 Å². The minimum absolute atomic E-state index is 0.220. The smallest absolute Gasteiger partial charge is 0.137 e. The van der Waals surface area contributed by atoms with Crippen LogP contribution in [-0.4, -0.2) is 0 Å². The number of halogens is 5. The highest BCUT2D eigenvalue weighted by Gasteiger charge is 2.15. The Hall–Kier alpha value is -0.450. The van der Waals surface area contributed by atoms with Crippen molar-refractivity contribution in [1.82, 2.24) is 0 Å². The average Bonchev–Trinajstić information content (AvgIpc) is 2.32. The van der Waals surface area contributed by atoms with Gasteiger partial charge in [0.15, 0.2) is 0 Å². The first-order chi connectivity index (χ1) is 8.49. The van der Waals surface area contributed by atoms with Crippen molar-refractivity contribution < 1.29 is 8.78 Å². The van der Waals surface area contributed by atoms with E-state index in [1.54, 1.807) is 18.2 Å². The van der Waals surface area contributed by atoms with Gasteiger partial charge in [0, 0.05) is 5.02 Å². The van der Waals surface area contributed by atoms with Gasteiger partial charge in [-0.1, -0.05) is 39.7 Å². The van der Waals surface area contributed by atoms with Crippen molar-refractivity contribution in [3.63, 3.8) is 0 Å². The van der Waals surface area contributed by atoms with Crippen LogP contribution >= 0.6 is 43.5 Å². The van der Waals surface area contributed by atoms with Gasteiger partial charge in [-0.15, -0.1) is 0 Å². The molecule has 0 aliphatic carbocycles. The molecule has 5 heteroatoms. The summed E-state index contributed by atoms with van der Waals surface area (Å²) < 4.78 is 26.5. The summed E-state index contributed by atoms with van der Waals surface area (Å²) in [6.07, 6.45) is 0. The molecule has 0 aliphatic heterocycles. The van der Waals surface area contributed by atoms with Crippen LogP contribution in [0.25, 0.3) is 0 Å². The topological polar surface area (TPSA) is 0 Å². The summed E-state index contributed by atoms with van der Waals surface area (Å²) in [5.74, 6) is -0.715. The summed E-state index contributed by atoms with van der Waals surface area (Å²) in [7, 11) is 0. The van der Waals surface area contributed by atoms with Crippen molar-refractivity contribution in [3.8, 4) is 0 Å². The van der Waals surface area contributed by atoms with E-state index in [9.17, 15) is 8.78 Å². The first-order valence-corrected chi connectivity index (χ1v) is 7.11. The van der Waals surface area contributed by atoms with E-state index in [0.717, 1.165) is 11.1 Å². The zero-order valence-corrected chi connectivity index (χ0v) is 12.9. The van der Waals surface area contributed by atoms with Crippen LogP contribution in [0.2, 0.25) is 5.02 Å². The molecule has 0 bridgehead atoms. The summed E-state index contributed by atoms with van der Waals surface area (Å²) in [6.45, 7) is 0. The molecule has 1 atom stereocenters. The Morgan fingerprint density at radius 2 is 1.78 bits per heavy atom. The van der Waals surface area contributed by atoms with Crippen LogP contribution in [0.4, 0.5) is 8.78 Å². The molecule has 0 nitrogen and oxygen atoms in total. The monoisotopic (exact) mass is 394 g/mol. The maximum absolute atomic E-state index is 13.2. The van der Waals surface area contributed by atoms with Crippen LogP contribution in [0.5, 0.6) is 0 Å². The largest absolute Gasteiger partial charge is 0.207 e.